The van der Waals surface area contributed by atoms with Crippen LogP contribution in [0.3, 0.4) is 0 Å². The molecule has 0 spiro atoms. The number of hydrogen-bond donors (Lipinski definition) is 3. The van der Waals surface area contributed by atoms with Gasteiger partial charge in [-0.05, 0) is 19.8 Å². The van der Waals surface area contributed by atoms with Crippen LogP contribution in [0.1, 0.15) is 32.6 Å². The van der Waals surface area contributed by atoms with Gasteiger partial charge in [-0.15, -0.1) is 0 Å². The lowest BCUT2D eigenvalue weighted by Crippen LogP contribution is -2.37. The van der Waals surface area contributed by atoms with Crippen LogP contribution in [0.2, 0.25) is 0 Å². The lowest BCUT2D eigenvalue weighted by molar-refractivity contribution is -0.137. The number of alkyl halides is 2. The molecular weight excluding hydrogens is 234 g/mol. The van der Waals surface area contributed by atoms with Gasteiger partial charge in [0.2, 0.25) is 5.92 Å². The first-order valence-electron chi connectivity index (χ1n) is 5.42. The van der Waals surface area contributed by atoms with E-state index in [0.717, 1.165) is 6.92 Å². The predicted molar refractivity (Wildman–Crippen MR) is 58.1 cm³/mol. The summed E-state index contributed by atoms with van der Waals surface area (Å²) in [6.07, 6.45) is 0.260. The van der Waals surface area contributed by atoms with Gasteiger partial charge >= 0.3 is 12.0 Å². The molecule has 0 fully saturated rings. The smallest absolute Gasteiger partial charge is 0.314 e. The van der Waals surface area contributed by atoms with Crippen molar-refractivity contribution < 1.29 is 23.5 Å². The molecule has 0 aliphatic carbocycles. The van der Waals surface area contributed by atoms with E-state index in [0.29, 0.717) is 6.42 Å². The molecule has 0 saturated carbocycles. The number of nitrogens with one attached hydrogen (secondary N) is 2. The molecule has 0 atom stereocenters. The van der Waals surface area contributed by atoms with E-state index in [1.807, 2.05) is 0 Å². The Morgan fingerprint density at radius 1 is 1.18 bits per heavy atom. The Morgan fingerprint density at radius 3 is 2.18 bits per heavy atom. The molecular formula is C10H18F2N2O3. The SMILES string of the molecule is CC(F)(F)CCCNC(=O)NCCCC(=O)O. The van der Waals surface area contributed by atoms with Crippen LogP contribution < -0.4 is 10.6 Å². The molecule has 2 amide bonds. The summed E-state index contributed by atoms with van der Waals surface area (Å²) >= 11 is 0. The minimum Gasteiger partial charge on any atom is -0.481 e. The van der Waals surface area contributed by atoms with Crippen LogP contribution in [-0.4, -0.2) is 36.1 Å². The number of carbonyl (C=O) groups is 2. The lowest BCUT2D eigenvalue weighted by atomic mass is 10.2. The molecule has 0 saturated heterocycles. The summed E-state index contributed by atoms with van der Waals surface area (Å²) in [7, 11) is 0. The zero-order valence-electron chi connectivity index (χ0n) is 9.76. The fraction of sp³-hybridized carbons (Fsp3) is 0.800. The number of hydrogen-bond acceptors (Lipinski definition) is 2. The van der Waals surface area contributed by atoms with Crippen molar-refractivity contribution in [3.05, 3.63) is 0 Å². The number of amides is 2. The molecule has 0 heterocycles. The molecule has 0 bridgehead atoms. The highest BCUT2D eigenvalue weighted by Gasteiger charge is 2.19. The fourth-order valence-electron chi connectivity index (χ4n) is 1.10. The summed E-state index contributed by atoms with van der Waals surface area (Å²) in [5, 5.41) is 13.2. The number of rotatable bonds is 8. The van der Waals surface area contributed by atoms with E-state index >= 15 is 0 Å². The van der Waals surface area contributed by atoms with Crippen molar-refractivity contribution >= 4 is 12.0 Å². The quantitative estimate of drug-likeness (QED) is 0.574. The van der Waals surface area contributed by atoms with Crippen LogP contribution in [0.25, 0.3) is 0 Å². The Morgan fingerprint density at radius 2 is 1.71 bits per heavy atom. The van der Waals surface area contributed by atoms with E-state index in [1.165, 1.54) is 0 Å². The van der Waals surface area contributed by atoms with Gasteiger partial charge in [0.1, 0.15) is 0 Å². The van der Waals surface area contributed by atoms with Crippen molar-refractivity contribution in [3.63, 3.8) is 0 Å². The molecule has 3 N–H and O–H groups in total. The third-order valence-corrected chi connectivity index (χ3v) is 1.93. The third-order valence-electron chi connectivity index (χ3n) is 1.93. The van der Waals surface area contributed by atoms with Crippen LogP contribution in [0.4, 0.5) is 13.6 Å². The Bertz CT molecular complexity index is 254. The van der Waals surface area contributed by atoms with Crippen molar-refractivity contribution in [1.29, 1.82) is 0 Å². The number of carboxylic acids is 1. The second kappa shape index (κ2) is 7.81. The van der Waals surface area contributed by atoms with Gasteiger partial charge in [-0.1, -0.05) is 0 Å². The summed E-state index contributed by atoms with van der Waals surface area (Å²) in [6.45, 7) is 1.26. The van der Waals surface area contributed by atoms with E-state index in [1.54, 1.807) is 0 Å². The van der Waals surface area contributed by atoms with Gasteiger partial charge in [0.05, 0.1) is 0 Å². The summed E-state index contributed by atoms with van der Waals surface area (Å²) in [4.78, 5) is 21.2. The molecule has 0 unspecified atom stereocenters. The van der Waals surface area contributed by atoms with Crippen molar-refractivity contribution in [2.75, 3.05) is 13.1 Å². The molecule has 0 radical (unpaired) electrons. The fourth-order valence-corrected chi connectivity index (χ4v) is 1.10. The predicted octanol–water partition coefficient (Wildman–Crippen LogP) is 1.59. The van der Waals surface area contributed by atoms with Crippen molar-refractivity contribution in [1.82, 2.24) is 10.6 Å². The van der Waals surface area contributed by atoms with Crippen molar-refractivity contribution in [2.24, 2.45) is 0 Å². The Kier molecular flexibility index (Phi) is 7.16. The van der Waals surface area contributed by atoms with Crippen molar-refractivity contribution in [2.45, 2.75) is 38.5 Å². The van der Waals surface area contributed by atoms with Gasteiger partial charge in [0, 0.05) is 25.9 Å². The first-order chi connectivity index (χ1) is 7.81. The van der Waals surface area contributed by atoms with Gasteiger partial charge in [0.15, 0.2) is 0 Å². The van der Waals surface area contributed by atoms with Gasteiger partial charge in [-0.2, -0.15) is 0 Å². The minimum atomic E-state index is -2.71. The summed E-state index contributed by atoms with van der Waals surface area (Å²) < 4.78 is 24.8. The van der Waals surface area contributed by atoms with Crippen LogP contribution >= 0.6 is 0 Å². The maximum atomic E-state index is 12.4. The highest BCUT2D eigenvalue weighted by Crippen LogP contribution is 2.17. The average molecular weight is 252 g/mol. The molecule has 0 aromatic heterocycles. The highest BCUT2D eigenvalue weighted by atomic mass is 19.3. The molecule has 0 aromatic rings. The molecule has 0 rings (SSSR count). The van der Waals surface area contributed by atoms with E-state index < -0.39 is 17.9 Å². The number of halogens is 2. The second-order valence-electron chi connectivity index (χ2n) is 3.85. The summed E-state index contributed by atoms with van der Waals surface area (Å²) in [5.74, 6) is -3.63. The molecule has 0 aliphatic heterocycles. The van der Waals surface area contributed by atoms with E-state index in [4.69, 9.17) is 5.11 Å². The maximum absolute atomic E-state index is 12.4. The number of carboxylic acid groups (broad SMARTS) is 1. The Hall–Kier alpha value is -1.40. The zero-order chi connectivity index (χ0) is 13.3. The molecule has 100 valence electrons. The molecule has 0 aliphatic rings. The van der Waals surface area contributed by atoms with E-state index in [-0.39, 0.29) is 32.4 Å². The molecule has 17 heavy (non-hydrogen) atoms. The number of aliphatic carboxylic acids is 1. The minimum absolute atomic E-state index is 0.0116. The second-order valence-corrected chi connectivity index (χ2v) is 3.85. The van der Waals surface area contributed by atoms with E-state index in [9.17, 15) is 18.4 Å². The van der Waals surface area contributed by atoms with Gasteiger partial charge in [-0.3, -0.25) is 4.79 Å². The Labute approximate surface area is 98.6 Å². The standard InChI is InChI=1S/C10H18F2N2O3/c1-10(11,12)5-3-7-14-9(17)13-6-2-4-8(15)16/h2-7H2,1H3,(H,15,16)(H2,13,14,17). The normalized spacial score (nSPS) is 11.0. The molecule has 7 heteroatoms. The van der Waals surface area contributed by atoms with Crippen molar-refractivity contribution in [3.8, 4) is 0 Å². The van der Waals surface area contributed by atoms with Gasteiger partial charge in [-0.25, -0.2) is 13.6 Å². The lowest BCUT2D eigenvalue weighted by Gasteiger charge is -2.10. The third kappa shape index (κ3) is 12.5. The molecule has 0 aromatic carbocycles. The average Bonchev–Trinajstić information content (AvgIpc) is 2.18. The topological polar surface area (TPSA) is 78.4 Å². The van der Waals surface area contributed by atoms with Crippen LogP contribution in [0.15, 0.2) is 0 Å². The Balaban J connectivity index is 3.38. The monoisotopic (exact) mass is 252 g/mol. The van der Waals surface area contributed by atoms with Crippen LogP contribution in [0, 0.1) is 0 Å². The van der Waals surface area contributed by atoms with Gasteiger partial charge < -0.3 is 15.7 Å². The largest absolute Gasteiger partial charge is 0.481 e. The van der Waals surface area contributed by atoms with E-state index in [2.05, 4.69) is 10.6 Å². The zero-order valence-corrected chi connectivity index (χ0v) is 9.76. The molecule has 5 nitrogen and oxygen atoms in total. The highest BCUT2D eigenvalue weighted by molar-refractivity contribution is 5.73. The summed E-state index contributed by atoms with van der Waals surface area (Å²) in [6, 6.07) is -0.463. The number of urea groups is 1. The van der Waals surface area contributed by atoms with Crippen LogP contribution in [-0.2, 0) is 4.79 Å². The summed E-state index contributed by atoms with van der Waals surface area (Å²) in [5.41, 5.74) is 0. The van der Waals surface area contributed by atoms with Crippen LogP contribution in [0.5, 0.6) is 0 Å². The first-order valence-corrected chi connectivity index (χ1v) is 5.42. The maximum Gasteiger partial charge on any atom is 0.314 e. The van der Waals surface area contributed by atoms with Gasteiger partial charge in [0.25, 0.3) is 0 Å². The first kappa shape index (κ1) is 15.6. The number of carbonyl (C=O) groups excluding carboxylic acids is 1.